The van der Waals surface area contributed by atoms with Crippen LogP contribution in [0.15, 0.2) is 11.1 Å². The summed E-state index contributed by atoms with van der Waals surface area (Å²) in [5, 5.41) is 5.64. The molecule has 4 heteroatoms. The van der Waals surface area contributed by atoms with Gasteiger partial charge in [0.2, 0.25) is 5.91 Å². The van der Waals surface area contributed by atoms with Crippen molar-refractivity contribution in [1.82, 2.24) is 10.6 Å². The second-order valence-corrected chi connectivity index (χ2v) is 2.73. The number of amides is 1. The van der Waals surface area contributed by atoms with Crippen molar-refractivity contribution in [2.45, 2.75) is 13.8 Å². The highest BCUT2D eigenvalue weighted by Crippen LogP contribution is 1.91. The van der Waals surface area contributed by atoms with E-state index < -0.39 is 0 Å². The van der Waals surface area contributed by atoms with E-state index in [0.717, 1.165) is 5.57 Å². The first-order chi connectivity index (χ1) is 5.70. The molecule has 0 aromatic carbocycles. The van der Waals surface area contributed by atoms with Crippen LogP contribution in [0, 0.1) is 0 Å². The molecule has 0 fully saturated rings. The van der Waals surface area contributed by atoms with Crippen molar-refractivity contribution in [2.24, 2.45) is 0 Å². The SMILES string of the molecule is CCNC(=O)CNCC(C)=CCl. The minimum absolute atomic E-state index is 0.0138. The zero-order chi connectivity index (χ0) is 9.40. The summed E-state index contributed by atoms with van der Waals surface area (Å²) < 4.78 is 0. The van der Waals surface area contributed by atoms with Gasteiger partial charge in [0.15, 0.2) is 0 Å². The Morgan fingerprint density at radius 1 is 1.50 bits per heavy atom. The van der Waals surface area contributed by atoms with Crippen LogP contribution >= 0.6 is 11.6 Å². The molecule has 0 aliphatic rings. The van der Waals surface area contributed by atoms with Crippen molar-refractivity contribution in [3.05, 3.63) is 11.1 Å². The fraction of sp³-hybridized carbons (Fsp3) is 0.625. The van der Waals surface area contributed by atoms with E-state index in [4.69, 9.17) is 11.6 Å². The molecule has 0 saturated carbocycles. The third kappa shape index (κ3) is 6.19. The number of nitrogens with one attached hydrogen (secondary N) is 2. The summed E-state index contributed by atoms with van der Waals surface area (Å²) in [5.41, 5.74) is 2.52. The van der Waals surface area contributed by atoms with E-state index in [2.05, 4.69) is 10.6 Å². The van der Waals surface area contributed by atoms with Gasteiger partial charge < -0.3 is 10.6 Å². The molecule has 3 nitrogen and oxygen atoms in total. The van der Waals surface area contributed by atoms with Gasteiger partial charge in [-0.3, -0.25) is 4.79 Å². The summed E-state index contributed by atoms with van der Waals surface area (Å²) in [5.74, 6) is 0.0138. The van der Waals surface area contributed by atoms with E-state index in [1.807, 2.05) is 13.8 Å². The molecular weight excluding hydrogens is 176 g/mol. The van der Waals surface area contributed by atoms with Gasteiger partial charge in [-0.2, -0.15) is 0 Å². The fourth-order valence-corrected chi connectivity index (χ4v) is 0.749. The minimum atomic E-state index is 0.0138. The molecule has 0 aliphatic carbocycles. The number of likely N-dealkylation sites (N-methyl/N-ethyl adjacent to an activating group) is 1. The number of rotatable bonds is 5. The highest BCUT2D eigenvalue weighted by molar-refractivity contribution is 6.25. The Morgan fingerprint density at radius 3 is 2.67 bits per heavy atom. The van der Waals surface area contributed by atoms with Crippen LogP contribution in [0.1, 0.15) is 13.8 Å². The lowest BCUT2D eigenvalue weighted by Crippen LogP contribution is -2.34. The van der Waals surface area contributed by atoms with Gasteiger partial charge in [-0.05, 0) is 19.4 Å². The average molecular weight is 191 g/mol. The molecule has 0 bridgehead atoms. The van der Waals surface area contributed by atoms with Crippen molar-refractivity contribution in [3.8, 4) is 0 Å². The van der Waals surface area contributed by atoms with Gasteiger partial charge in [0, 0.05) is 18.6 Å². The Morgan fingerprint density at radius 2 is 2.17 bits per heavy atom. The van der Waals surface area contributed by atoms with E-state index in [1.54, 1.807) is 0 Å². The lowest BCUT2D eigenvalue weighted by atomic mass is 10.3. The maximum Gasteiger partial charge on any atom is 0.233 e. The van der Waals surface area contributed by atoms with Gasteiger partial charge in [-0.25, -0.2) is 0 Å². The first kappa shape index (κ1) is 11.5. The highest BCUT2D eigenvalue weighted by atomic mass is 35.5. The first-order valence-corrected chi connectivity index (χ1v) is 4.37. The van der Waals surface area contributed by atoms with Crippen LogP contribution in [-0.4, -0.2) is 25.5 Å². The smallest absolute Gasteiger partial charge is 0.233 e. The molecule has 0 aliphatic heterocycles. The lowest BCUT2D eigenvalue weighted by molar-refractivity contribution is -0.120. The number of carbonyl (C=O) groups excluding carboxylic acids is 1. The summed E-state index contributed by atoms with van der Waals surface area (Å²) >= 11 is 5.43. The number of hydrogen-bond donors (Lipinski definition) is 2. The summed E-state index contributed by atoms with van der Waals surface area (Å²) in [7, 11) is 0. The van der Waals surface area contributed by atoms with Crippen LogP contribution in [0.2, 0.25) is 0 Å². The molecule has 0 atom stereocenters. The largest absolute Gasteiger partial charge is 0.355 e. The molecule has 0 spiro atoms. The van der Waals surface area contributed by atoms with Gasteiger partial charge in [0.05, 0.1) is 6.54 Å². The predicted octanol–water partition coefficient (Wildman–Crippen LogP) is 0.855. The van der Waals surface area contributed by atoms with Crippen LogP contribution in [0.5, 0.6) is 0 Å². The molecule has 0 unspecified atom stereocenters. The molecule has 0 aromatic rings. The molecule has 0 saturated heterocycles. The maximum atomic E-state index is 10.9. The zero-order valence-electron chi connectivity index (χ0n) is 7.48. The average Bonchev–Trinajstić information content (AvgIpc) is 2.04. The number of hydrogen-bond acceptors (Lipinski definition) is 2. The maximum absolute atomic E-state index is 10.9. The molecule has 12 heavy (non-hydrogen) atoms. The Kier molecular flexibility index (Phi) is 6.81. The summed E-state index contributed by atoms with van der Waals surface area (Å²) in [6.07, 6.45) is 0. The molecular formula is C8H15ClN2O. The first-order valence-electron chi connectivity index (χ1n) is 3.94. The van der Waals surface area contributed by atoms with Crippen LogP contribution < -0.4 is 10.6 Å². The second-order valence-electron chi connectivity index (χ2n) is 2.51. The third-order valence-electron chi connectivity index (χ3n) is 1.25. The van der Waals surface area contributed by atoms with Gasteiger partial charge >= 0.3 is 0 Å². The lowest BCUT2D eigenvalue weighted by Gasteiger charge is -2.03. The Hall–Kier alpha value is -0.540. The Labute approximate surface area is 78.2 Å². The summed E-state index contributed by atoms with van der Waals surface area (Å²) in [4.78, 5) is 10.9. The molecule has 0 heterocycles. The Bertz CT molecular complexity index is 168. The van der Waals surface area contributed by atoms with Crippen LogP contribution in [0.4, 0.5) is 0 Å². The third-order valence-corrected chi connectivity index (χ3v) is 1.62. The molecule has 0 rings (SSSR count). The number of halogens is 1. The summed E-state index contributed by atoms with van der Waals surface area (Å²) in [6, 6.07) is 0. The van der Waals surface area contributed by atoms with E-state index in [9.17, 15) is 4.79 Å². The van der Waals surface area contributed by atoms with Gasteiger partial charge in [-0.1, -0.05) is 11.6 Å². The van der Waals surface area contributed by atoms with Crippen LogP contribution in [0.3, 0.4) is 0 Å². The van der Waals surface area contributed by atoms with Crippen molar-refractivity contribution in [3.63, 3.8) is 0 Å². The molecule has 70 valence electrons. The molecule has 1 amide bonds. The van der Waals surface area contributed by atoms with Gasteiger partial charge in [0.25, 0.3) is 0 Å². The van der Waals surface area contributed by atoms with E-state index in [1.165, 1.54) is 5.54 Å². The van der Waals surface area contributed by atoms with E-state index >= 15 is 0 Å². The quantitative estimate of drug-likeness (QED) is 0.675. The van der Waals surface area contributed by atoms with Gasteiger partial charge in [0.1, 0.15) is 0 Å². The van der Waals surface area contributed by atoms with Crippen LogP contribution in [-0.2, 0) is 4.79 Å². The molecule has 2 N–H and O–H groups in total. The second kappa shape index (κ2) is 7.13. The van der Waals surface area contributed by atoms with E-state index in [-0.39, 0.29) is 5.91 Å². The standard InChI is InChI=1S/C8H15ClN2O/c1-3-11-8(12)6-10-5-7(2)4-9/h4,10H,3,5-6H2,1-2H3,(H,11,12). The van der Waals surface area contributed by atoms with Crippen molar-refractivity contribution in [1.29, 1.82) is 0 Å². The molecule has 0 radical (unpaired) electrons. The molecule has 0 aromatic heterocycles. The van der Waals surface area contributed by atoms with Crippen LogP contribution in [0.25, 0.3) is 0 Å². The topological polar surface area (TPSA) is 41.1 Å². The highest BCUT2D eigenvalue weighted by Gasteiger charge is 1.96. The predicted molar refractivity (Wildman–Crippen MR) is 51.2 cm³/mol. The fourth-order valence-electron chi connectivity index (χ4n) is 0.671. The number of carbonyl (C=O) groups is 1. The Balaban J connectivity index is 3.37. The van der Waals surface area contributed by atoms with Gasteiger partial charge in [-0.15, -0.1) is 0 Å². The minimum Gasteiger partial charge on any atom is -0.355 e. The summed E-state index contributed by atoms with van der Waals surface area (Å²) in [6.45, 7) is 5.46. The van der Waals surface area contributed by atoms with Crippen molar-refractivity contribution < 1.29 is 4.79 Å². The van der Waals surface area contributed by atoms with Crippen molar-refractivity contribution >= 4 is 17.5 Å². The normalized spacial score (nSPS) is 11.4. The van der Waals surface area contributed by atoms with E-state index in [0.29, 0.717) is 19.6 Å². The zero-order valence-corrected chi connectivity index (χ0v) is 8.24. The monoisotopic (exact) mass is 190 g/mol. The van der Waals surface area contributed by atoms with Crippen molar-refractivity contribution in [2.75, 3.05) is 19.6 Å².